The molecule has 6 nitrogen and oxygen atoms in total. The van der Waals surface area contributed by atoms with E-state index in [1.807, 2.05) is 13.8 Å². The van der Waals surface area contributed by atoms with E-state index in [0.717, 1.165) is 12.3 Å². The Morgan fingerprint density at radius 2 is 2.00 bits per heavy atom. The summed E-state index contributed by atoms with van der Waals surface area (Å²) in [4.78, 5) is 18.2. The summed E-state index contributed by atoms with van der Waals surface area (Å²) >= 11 is 0. The molecule has 2 heterocycles. The maximum Gasteiger partial charge on any atom is 0.417 e. The van der Waals surface area contributed by atoms with Gasteiger partial charge in [0.1, 0.15) is 0 Å². The van der Waals surface area contributed by atoms with Crippen LogP contribution >= 0.6 is 0 Å². The third-order valence-corrected chi connectivity index (χ3v) is 4.06. The summed E-state index contributed by atoms with van der Waals surface area (Å²) in [5.41, 5.74) is 0.177. The molecule has 0 bridgehead atoms. The molecule has 0 aliphatic carbocycles. The van der Waals surface area contributed by atoms with Crippen LogP contribution in [0.2, 0.25) is 0 Å². The van der Waals surface area contributed by atoms with Gasteiger partial charge < -0.3 is 9.64 Å². The lowest BCUT2D eigenvalue weighted by Gasteiger charge is -2.18. The zero-order chi connectivity index (χ0) is 20.2. The maximum atomic E-state index is 12.8. The molecule has 0 aliphatic heterocycles. The van der Waals surface area contributed by atoms with Crippen molar-refractivity contribution >= 4 is 5.91 Å². The first kappa shape index (κ1) is 20.9. The molecule has 0 aliphatic rings. The van der Waals surface area contributed by atoms with Crippen molar-refractivity contribution in [1.29, 1.82) is 0 Å². The fourth-order valence-corrected chi connectivity index (χ4v) is 2.69. The van der Waals surface area contributed by atoms with Gasteiger partial charge in [0.05, 0.1) is 23.0 Å². The molecule has 0 radical (unpaired) electrons. The number of rotatable bonds is 7. The molecule has 0 unspecified atom stereocenters. The molecular formula is C18H23F3N4O2. The van der Waals surface area contributed by atoms with E-state index in [-0.39, 0.29) is 17.6 Å². The van der Waals surface area contributed by atoms with Crippen LogP contribution in [-0.4, -0.2) is 52.9 Å². The molecule has 0 saturated carbocycles. The number of halogens is 3. The van der Waals surface area contributed by atoms with Crippen LogP contribution in [0.25, 0.3) is 5.82 Å². The zero-order valence-corrected chi connectivity index (χ0v) is 15.7. The third kappa shape index (κ3) is 4.85. The van der Waals surface area contributed by atoms with Crippen molar-refractivity contribution in [3.63, 3.8) is 0 Å². The molecule has 1 amide bonds. The van der Waals surface area contributed by atoms with Crippen molar-refractivity contribution in [2.75, 3.05) is 27.3 Å². The Morgan fingerprint density at radius 3 is 2.52 bits per heavy atom. The number of ether oxygens (including phenoxy) is 1. The van der Waals surface area contributed by atoms with Crippen LogP contribution in [0.15, 0.2) is 24.5 Å². The Morgan fingerprint density at radius 1 is 1.30 bits per heavy atom. The van der Waals surface area contributed by atoms with E-state index in [1.165, 1.54) is 16.9 Å². The van der Waals surface area contributed by atoms with E-state index in [0.29, 0.717) is 30.8 Å². The first-order chi connectivity index (χ1) is 12.7. The second kappa shape index (κ2) is 8.51. The van der Waals surface area contributed by atoms with Crippen molar-refractivity contribution in [3.8, 4) is 5.82 Å². The fourth-order valence-electron chi connectivity index (χ4n) is 2.69. The standard InChI is InChI=1S/C18H23F3N4O2/c1-12(2)16-14(17(26)24(3)8-5-9-27-4)11-23-25(16)15-7-6-13(10-22-15)18(19,20)21/h6-7,10-12H,5,8-9H2,1-4H3. The van der Waals surface area contributed by atoms with Crippen molar-refractivity contribution < 1.29 is 22.7 Å². The highest BCUT2D eigenvalue weighted by molar-refractivity contribution is 5.95. The second-order valence-electron chi connectivity index (χ2n) is 6.49. The van der Waals surface area contributed by atoms with Crippen LogP contribution in [0.3, 0.4) is 0 Å². The van der Waals surface area contributed by atoms with Crippen LogP contribution in [0.1, 0.15) is 47.8 Å². The summed E-state index contributed by atoms with van der Waals surface area (Å²) in [7, 11) is 3.29. The van der Waals surface area contributed by atoms with Crippen molar-refractivity contribution in [2.45, 2.75) is 32.4 Å². The maximum absolute atomic E-state index is 12.8. The summed E-state index contributed by atoms with van der Waals surface area (Å²) in [6.07, 6.45) is -1.56. The van der Waals surface area contributed by atoms with Gasteiger partial charge >= 0.3 is 6.18 Å². The third-order valence-electron chi connectivity index (χ3n) is 4.06. The molecule has 27 heavy (non-hydrogen) atoms. The van der Waals surface area contributed by atoms with E-state index < -0.39 is 11.7 Å². The minimum atomic E-state index is -4.46. The number of pyridine rings is 1. The van der Waals surface area contributed by atoms with Crippen LogP contribution in [0, 0.1) is 0 Å². The summed E-state index contributed by atoms with van der Waals surface area (Å²) in [5.74, 6) is -0.0522. The molecule has 0 saturated heterocycles. The molecule has 0 atom stereocenters. The van der Waals surface area contributed by atoms with E-state index in [1.54, 1.807) is 19.1 Å². The molecule has 2 rings (SSSR count). The highest BCUT2D eigenvalue weighted by Crippen LogP contribution is 2.29. The van der Waals surface area contributed by atoms with E-state index in [2.05, 4.69) is 10.1 Å². The van der Waals surface area contributed by atoms with Gasteiger partial charge in [0.15, 0.2) is 5.82 Å². The fraction of sp³-hybridized carbons (Fsp3) is 0.500. The molecule has 9 heteroatoms. The highest BCUT2D eigenvalue weighted by Gasteiger charge is 2.31. The molecule has 0 fully saturated rings. The highest BCUT2D eigenvalue weighted by atomic mass is 19.4. The lowest BCUT2D eigenvalue weighted by Crippen LogP contribution is -2.29. The number of hydrogen-bond donors (Lipinski definition) is 0. The zero-order valence-electron chi connectivity index (χ0n) is 15.7. The van der Waals surface area contributed by atoms with Crippen molar-refractivity contribution in [1.82, 2.24) is 19.7 Å². The molecule has 148 valence electrons. The Hall–Kier alpha value is -2.42. The lowest BCUT2D eigenvalue weighted by atomic mass is 10.0. The normalized spacial score (nSPS) is 11.9. The Balaban J connectivity index is 2.33. The summed E-state index contributed by atoms with van der Waals surface area (Å²) in [6.45, 7) is 4.84. The molecular weight excluding hydrogens is 361 g/mol. The predicted octanol–water partition coefficient (Wildman–Crippen LogP) is 3.52. The SMILES string of the molecule is COCCCN(C)C(=O)c1cnn(-c2ccc(C(F)(F)F)cn2)c1C(C)C. The van der Waals surface area contributed by atoms with Gasteiger partial charge in [-0.2, -0.15) is 18.3 Å². The Kier molecular flexibility index (Phi) is 6.59. The van der Waals surface area contributed by atoms with Crippen molar-refractivity contribution in [3.05, 3.63) is 41.3 Å². The quantitative estimate of drug-likeness (QED) is 0.686. The smallest absolute Gasteiger partial charge is 0.385 e. The van der Waals surface area contributed by atoms with Crippen LogP contribution in [0.4, 0.5) is 13.2 Å². The second-order valence-corrected chi connectivity index (χ2v) is 6.49. The monoisotopic (exact) mass is 384 g/mol. The van der Waals surface area contributed by atoms with E-state index in [4.69, 9.17) is 4.74 Å². The topological polar surface area (TPSA) is 60.2 Å². The largest absolute Gasteiger partial charge is 0.417 e. The van der Waals surface area contributed by atoms with Gasteiger partial charge in [-0.3, -0.25) is 4.79 Å². The Labute approximate surface area is 155 Å². The number of alkyl halides is 3. The average Bonchev–Trinajstić information content (AvgIpc) is 3.05. The van der Waals surface area contributed by atoms with Gasteiger partial charge in [0.2, 0.25) is 0 Å². The number of nitrogens with zero attached hydrogens (tertiary/aromatic N) is 4. The van der Waals surface area contributed by atoms with Crippen LogP contribution in [-0.2, 0) is 10.9 Å². The van der Waals surface area contributed by atoms with E-state index in [9.17, 15) is 18.0 Å². The predicted molar refractivity (Wildman–Crippen MR) is 93.9 cm³/mol. The van der Waals surface area contributed by atoms with Gasteiger partial charge in [0.25, 0.3) is 5.91 Å². The number of aromatic nitrogens is 3. The van der Waals surface area contributed by atoms with Crippen molar-refractivity contribution in [2.24, 2.45) is 0 Å². The lowest BCUT2D eigenvalue weighted by molar-refractivity contribution is -0.137. The van der Waals surface area contributed by atoms with Crippen LogP contribution < -0.4 is 0 Å². The number of amides is 1. The van der Waals surface area contributed by atoms with E-state index >= 15 is 0 Å². The summed E-state index contributed by atoms with van der Waals surface area (Å²) in [5, 5.41) is 4.20. The van der Waals surface area contributed by atoms with Crippen LogP contribution in [0.5, 0.6) is 0 Å². The van der Waals surface area contributed by atoms with Gasteiger partial charge in [-0.1, -0.05) is 13.8 Å². The number of methoxy groups -OCH3 is 1. The summed E-state index contributed by atoms with van der Waals surface area (Å²) in [6, 6.07) is 2.20. The van der Waals surface area contributed by atoms with Gasteiger partial charge in [0, 0.05) is 33.5 Å². The minimum absolute atomic E-state index is 0.0806. The molecule has 0 N–H and O–H groups in total. The average molecular weight is 384 g/mol. The molecule has 2 aromatic rings. The summed E-state index contributed by atoms with van der Waals surface area (Å²) < 4.78 is 44.6. The molecule has 0 spiro atoms. The molecule has 2 aromatic heterocycles. The first-order valence-corrected chi connectivity index (χ1v) is 8.52. The molecule has 0 aromatic carbocycles. The number of carbonyl (C=O) groups is 1. The number of hydrogen-bond acceptors (Lipinski definition) is 4. The van der Waals surface area contributed by atoms with Gasteiger partial charge in [-0.25, -0.2) is 9.67 Å². The Bertz CT molecular complexity index is 770. The van der Waals surface area contributed by atoms with Gasteiger partial charge in [-0.15, -0.1) is 0 Å². The minimum Gasteiger partial charge on any atom is -0.385 e. The number of carbonyl (C=O) groups excluding carboxylic acids is 1. The first-order valence-electron chi connectivity index (χ1n) is 8.52. The van der Waals surface area contributed by atoms with Gasteiger partial charge in [-0.05, 0) is 24.5 Å².